The van der Waals surface area contributed by atoms with Gasteiger partial charge in [-0.3, -0.25) is 19.8 Å². The lowest BCUT2D eigenvalue weighted by molar-refractivity contribution is -0.383. The van der Waals surface area contributed by atoms with Gasteiger partial charge in [-0.15, -0.1) is 0 Å². The lowest BCUT2D eigenvalue weighted by Crippen LogP contribution is -2.30. The van der Waals surface area contributed by atoms with Gasteiger partial charge in [-0.2, -0.15) is 13.2 Å². The number of nitrogens with two attached hydrogens (primary N) is 1. The standard InChI is InChI=1S/C21H13F4N7O4/c22-10-3-4-13(11(7-10)9-1-2-9)31(14-5-6-15(32(34)35)17-16(14)29-36-30-17)19(33)12-8-27-20(26)28-18(12)21(23,24)25/h3-9H,1-2H2,(H2,26,27,28). The highest BCUT2D eigenvalue weighted by Crippen LogP contribution is 2.47. The Hall–Kier alpha value is -4.69. The number of aromatic nitrogens is 4. The summed E-state index contributed by atoms with van der Waals surface area (Å²) in [6.07, 6.45) is -3.11. The molecule has 4 aromatic rings. The highest BCUT2D eigenvalue weighted by atomic mass is 19.4. The molecule has 1 amide bonds. The summed E-state index contributed by atoms with van der Waals surface area (Å²) in [5.41, 5.74) is 1.91. The maximum Gasteiger partial charge on any atom is 0.434 e. The molecular formula is C21H13F4N7O4. The first-order valence-corrected chi connectivity index (χ1v) is 10.3. The van der Waals surface area contributed by atoms with Crippen LogP contribution in [0.25, 0.3) is 11.0 Å². The number of amides is 1. The number of carbonyl (C=O) groups excluding carboxylic acids is 1. The number of alkyl halides is 3. The van der Waals surface area contributed by atoms with E-state index >= 15 is 0 Å². The van der Waals surface area contributed by atoms with E-state index in [0.29, 0.717) is 24.6 Å². The third kappa shape index (κ3) is 3.93. The minimum atomic E-state index is -5.07. The van der Waals surface area contributed by atoms with Crippen LogP contribution >= 0.6 is 0 Å². The van der Waals surface area contributed by atoms with Crippen LogP contribution in [0.4, 0.5) is 40.6 Å². The number of benzene rings is 2. The number of carbonyl (C=O) groups is 1. The third-order valence-electron chi connectivity index (χ3n) is 5.57. The van der Waals surface area contributed by atoms with E-state index in [4.69, 9.17) is 5.73 Å². The van der Waals surface area contributed by atoms with Crippen LogP contribution in [0, 0.1) is 15.9 Å². The molecule has 2 heterocycles. The number of nitrogens with zero attached hydrogens (tertiary/aromatic N) is 6. The molecule has 5 rings (SSSR count). The van der Waals surface area contributed by atoms with Crippen LogP contribution in [0.5, 0.6) is 0 Å². The van der Waals surface area contributed by atoms with Crippen molar-refractivity contribution in [3.05, 3.63) is 69.3 Å². The van der Waals surface area contributed by atoms with Gasteiger partial charge in [-0.25, -0.2) is 19.0 Å². The SMILES string of the molecule is Nc1ncc(C(=O)N(c2ccc(F)cc2C2CC2)c2ccc([N+](=O)[O-])c3nonc23)c(C(F)(F)F)n1. The fourth-order valence-corrected chi connectivity index (χ4v) is 3.86. The van der Waals surface area contributed by atoms with Crippen molar-refractivity contribution >= 4 is 40.0 Å². The zero-order chi connectivity index (χ0) is 25.8. The molecule has 1 aliphatic carbocycles. The number of halogens is 4. The van der Waals surface area contributed by atoms with Crippen molar-refractivity contribution in [1.29, 1.82) is 0 Å². The summed E-state index contributed by atoms with van der Waals surface area (Å²) in [6, 6.07) is 5.57. The Labute approximate surface area is 197 Å². The van der Waals surface area contributed by atoms with Gasteiger partial charge in [0.05, 0.1) is 21.9 Å². The Balaban J connectivity index is 1.79. The molecule has 0 unspecified atom stereocenters. The van der Waals surface area contributed by atoms with Gasteiger partial charge in [0.2, 0.25) is 11.5 Å². The largest absolute Gasteiger partial charge is 0.434 e. The van der Waals surface area contributed by atoms with Gasteiger partial charge < -0.3 is 5.73 Å². The molecular weight excluding hydrogens is 490 g/mol. The van der Waals surface area contributed by atoms with Crippen LogP contribution in [0.15, 0.2) is 41.2 Å². The third-order valence-corrected chi connectivity index (χ3v) is 5.57. The highest BCUT2D eigenvalue weighted by Gasteiger charge is 2.41. The molecule has 2 aromatic carbocycles. The molecule has 11 nitrogen and oxygen atoms in total. The summed E-state index contributed by atoms with van der Waals surface area (Å²) in [6.45, 7) is 0. The highest BCUT2D eigenvalue weighted by molar-refractivity contribution is 6.15. The zero-order valence-electron chi connectivity index (χ0n) is 17.9. The Morgan fingerprint density at radius 3 is 2.50 bits per heavy atom. The van der Waals surface area contributed by atoms with Crippen molar-refractivity contribution in [3.63, 3.8) is 0 Å². The number of hydrogen-bond donors (Lipinski definition) is 1. The number of anilines is 3. The fourth-order valence-electron chi connectivity index (χ4n) is 3.86. The van der Waals surface area contributed by atoms with E-state index in [-0.39, 0.29) is 28.3 Å². The van der Waals surface area contributed by atoms with Gasteiger partial charge >= 0.3 is 11.9 Å². The normalized spacial score (nSPS) is 13.7. The van der Waals surface area contributed by atoms with E-state index in [0.717, 1.165) is 23.1 Å². The van der Waals surface area contributed by atoms with E-state index in [2.05, 4.69) is 24.9 Å². The van der Waals surface area contributed by atoms with Gasteiger partial charge in [-0.05, 0) is 58.9 Å². The molecule has 0 bridgehead atoms. The van der Waals surface area contributed by atoms with Crippen LogP contribution in [0.3, 0.4) is 0 Å². The maximum absolute atomic E-state index is 14.1. The molecule has 2 N–H and O–H groups in total. The zero-order valence-corrected chi connectivity index (χ0v) is 17.9. The number of nitro groups is 1. The van der Waals surface area contributed by atoms with Crippen molar-refractivity contribution in [2.45, 2.75) is 24.9 Å². The molecule has 0 spiro atoms. The Morgan fingerprint density at radius 2 is 1.83 bits per heavy atom. The predicted octanol–water partition coefficient (Wildman–Crippen LogP) is 4.52. The Morgan fingerprint density at radius 1 is 1.14 bits per heavy atom. The molecule has 0 saturated heterocycles. The molecule has 1 saturated carbocycles. The van der Waals surface area contributed by atoms with Crippen LogP contribution in [-0.4, -0.2) is 31.1 Å². The van der Waals surface area contributed by atoms with Crippen LogP contribution in [-0.2, 0) is 6.18 Å². The topological polar surface area (TPSA) is 154 Å². The van der Waals surface area contributed by atoms with Crippen molar-refractivity contribution in [2.75, 3.05) is 10.6 Å². The summed E-state index contributed by atoms with van der Waals surface area (Å²) in [5, 5.41) is 18.6. The minimum absolute atomic E-state index is 0.0482. The molecule has 184 valence electrons. The first-order valence-electron chi connectivity index (χ1n) is 10.3. The first-order chi connectivity index (χ1) is 17.1. The summed E-state index contributed by atoms with van der Waals surface area (Å²) < 4.78 is 60.2. The van der Waals surface area contributed by atoms with Crippen LogP contribution in [0.2, 0.25) is 0 Å². The van der Waals surface area contributed by atoms with Gasteiger partial charge in [-0.1, -0.05) is 0 Å². The van der Waals surface area contributed by atoms with E-state index in [1.165, 1.54) is 12.1 Å². The second kappa shape index (κ2) is 8.21. The molecule has 0 atom stereocenters. The average Bonchev–Trinajstić information content (AvgIpc) is 3.55. The number of nitrogen functional groups attached to an aromatic ring is 1. The van der Waals surface area contributed by atoms with Gasteiger partial charge in [0.1, 0.15) is 5.82 Å². The van der Waals surface area contributed by atoms with E-state index in [1.54, 1.807) is 0 Å². The monoisotopic (exact) mass is 503 g/mol. The van der Waals surface area contributed by atoms with E-state index in [9.17, 15) is 32.5 Å². The van der Waals surface area contributed by atoms with Crippen LogP contribution in [0.1, 0.15) is 40.4 Å². The number of fused-ring (bicyclic) bond motifs is 1. The molecule has 1 aliphatic rings. The molecule has 36 heavy (non-hydrogen) atoms. The minimum Gasteiger partial charge on any atom is -0.368 e. The Kier molecular flexibility index (Phi) is 5.26. The number of non-ortho nitro benzene ring substituents is 1. The summed E-state index contributed by atoms with van der Waals surface area (Å²) in [5.74, 6) is -2.73. The summed E-state index contributed by atoms with van der Waals surface area (Å²) >= 11 is 0. The van der Waals surface area contributed by atoms with E-state index < -0.39 is 45.7 Å². The van der Waals surface area contributed by atoms with E-state index in [1.807, 2.05) is 0 Å². The summed E-state index contributed by atoms with van der Waals surface area (Å²) in [4.78, 5) is 32.0. The second-order valence-electron chi connectivity index (χ2n) is 7.93. The first kappa shape index (κ1) is 23.1. The quantitative estimate of drug-likeness (QED) is 0.235. The van der Waals surface area contributed by atoms with Crippen molar-refractivity contribution in [1.82, 2.24) is 20.3 Å². The lowest BCUT2D eigenvalue weighted by Gasteiger charge is -2.26. The van der Waals surface area contributed by atoms with Gasteiger partial charge in [0.15, 0.2) is 11.2 Å². The van der Waals surface area contributed by atoms with Gasteiger partial charge in [0.25, 0.3) is 5.91 Å². The van der Waals surface area contributed by atoms with Gasteiger partial charge in [0, 0.05) is 12.3 Å². The molecule has 15 heteroatoms. The predicted molar refractivity (Wildman–Crippen MR) is 115 cm³/mol. The smallest absolute Gasteiger partial charge is 0.368 e. The molecule has 0 aliphatic heterocycles. The number of nitro benzene ring substituents is 1. The van der Waals surface area contributed by atoms with Crippen molar-refractivity contribution in [3.8, 4) is 0 Å². The Bertz CT molecular complexity index is 1530. The molecule has 0 radical (unpaired) electrons. The number of rotatable bonds is 5. The maximum atomic E-state index is 14.1. The second-order valence-corrected chi connectivity index (χ2v) is 7.93. The average molecular weight is 503 g/mol. The van der Waals surface area contributed by atoms with Crippen molar-refractivity contribution < 1.29 is 31.9 Å². The van der Waals surface area contributed by atoms with Crippen molar-refractivity contribution in [2.24, 2.45) is 0 Å². The fraction of sp³-hybridized carbons (Fsp3) is 0.190. The molecule has 2 aromatic heterocycles. The lowest BCUT2D eigenvalue weighted by atomic mass is 10.0. The summed E-state index contributed by atoms with van der Waals surface area (Å²) in [7, 11) is 0. The van der Waals surface area contributed by atoms with Crippen LogP contribution < -0.4 is 10.6 Å². The molecule has 1 fully saturated rings. The number of hydrogen-bond acceptors (Lipinski definition) is 9.